The standard InChI is InChI=1S/C11H13NOS/c1-8-12-11(7-14-8)9-3-5-10(13-2)6-4-9/h3-6,11H,7H2,1-2H3. The number of methoxy groups -OCH3 is 1. The van der Waals surface area contributed by atoms with Gasteiger partial charge in [0.2, 0.25) is 0 Å². The zero-order valence-corrected chi connectivity index (χ0v) is 9.17. The lowest BCUT2D eigenvalue weighted by molar-refractivity contribution is 0.414. The summed E-state index contributed by atoms with van der Waals surface area (Å²) >= 11 is 1.83. The second-order valence-corrected chi connectivity index (χ2v) is 4.46. The summed E-state index contributed by atoms with van der Waals surface area (Å²) in [5.41, 5.74) is 1.27. The molecule has 0 N–H and O–H groups in total. The van der Waals surface area contributed by atoms with Gasteiger partial charge in [-0.1, -0.05) is 12.1 Å². The fourth-order valence-electron chi connectivity index (χ4n) is 1.49. The Bertz CT molecular complexity index is 345. The van der Waals surface area contributed by atoms with Crippen molar-refractivity contribution in [2.45, 2.75) is 13.0 Å². The summed E-state index contributed by atoms with van der Waals surface area (Å²) in [4.78, 5) is 4.55. The number of aliphatic imine (C=N–C) groups is 1. The number of thioether (sulfide) groups is 1. The summed E-state index contributed by atoms with van der Waals surface area (Å²) in [6.07, 6.45) is 0. The van der Waals surface area contributed by atoms with Gasteiger partial charge in [0.05, 0.1) is 18.2 Å². The Labute approximate surface area is 88.4 Å². The van der Waals surface area contributed by atoms with Crippen molar-refractivity contribution >= 4 is 16.8 Å². The van der Waals surface area contributed by atoms with Crippen LogP contribution in [0.4, 0.5) is 0 Å². The van der Waals surface area contributed by atoms with Gasteiger partial charge >= 0.3 is 0 Å². The van der Waals surface area contributed by atoms with Gasteiger partial charge in [-0.2, -0.15) is 0 Å². The van der Waals surface area contributed by atoms with Crippen molar-refractivity contribution < 1.29 is 4.74 Å². The molecular formula is C11H13NOS. The average Bonchev–Trinajstić information content (AvgIpc) is 2.65. The van der Waals surface area contributed by atoms with E-state index in [-0.39, 0.29) is 0 Å². The third kappa shape index (κ3) is 1.93. The molecule has 1 aliphatic rings. The Kier molecular flexibility index (Phi) is 2.77. The first-order valence-corrected chi connectivity index (χ1v) is 5.59. The van der Waals surface area contributed by atoms with Gasteiger partial charge < -0.3 is 4.74 Å². The zero-order valence-electron chi connectivity index (χ0n) is 8.36. The van der Waals surface area contributed by atoms with Crippen molar-refractivity contribution in [3.05, 3.63) is 29.8 Å². The fourth-order valence-corrected chi connectivity index (χ4v) is 2.36. The molecule has 1 heterocycles. The predicted molar refractivity (Wildman–Crippen MR) is 61.3 cm³/mol. The van der Waals surface area contributed by atoms with Crippen LogP contribution in [-0.2, 0) is 0 Å². The van der Waals surface area contributed by atoms with Crippen LogP contribution in [0.3, 0.4) is 0 Å². The van der Waals surface area contributed by atoms with Crippen LogP contribution < -0.4 is 4.74 Å². The maximum atomic E-state index is 5.11. The van der Waals surface area contributed by atoms with Gasteiger partial charge in [0.25, 0.3) is 0 Å². The van der Waals surface area contributed by atoms with E-state index in [1.54, 1.807) is 7.11 Å². The number of ether oxygens (including phenoxy) is 1. The maximum absolute atomic E-state index is 5.11. The lowest BCUT2D eigenvalue weighted by Gasteiger charge is -2.06. The first kappa shape index (κ1) is 9.59. The first-order valence-electron chi connectivity index (χ1n) is 4.61. The molecule has 0 saturated heterocycles. The molecule has 1 atom stereocenters. The van der Waals surface area contributed by atoms with Crippen LogP contribution in [0.1, 0.15) is 18.5 Å². The second kappa shape index (κ2) is 4.05. The molecule has 0 aromatic heterocycles. The van der Waals surface area contributed by atoms with Gasteiger partial charge in [-0.3, -0.25) is 4.99 Å². The molecule has 2 nitrogen and oxygen atoms in total. The van der Waals surface area contributed by atoms with Crippen LogP contribution in [-0.4, -0.2) is 17.9 Å². The summed E-state index contributed by atoms with van der Waals surface area (Å²) < 4.78 is 5.11. The van der Waals surface area contributed by atoms with Crippen molar-refractivity contribution in [3.8, 4) is 5.75 Å². The molecule has 1 unspecified atom stereocenters. The monoisotopic (exact) mass is 207 g/mol. The predicted octanol–water partition coefficient (Wildman–Crippen LogP) is 2.90. The molecule has 1 aliphatic heterocycles. The molecule has 0 bridgehead atoms. The van der Waals surface area contributed by atoms with Crippen molar-refractivity contribution in [1.82, 2.24) is 0 Å². The highest BCUT2D eigenvalue weighted by Gasteiger charge is 2.16. The topological polar surface area (TPSA) is 21.6 Å². The van der Waals surface area contributed by atoms with E-state index in [1.807, 2.05) is 23.9 Å². The van der Waals surface area contributed by atoms with Crippen LogP contribution in [0.5, 0.6) is 5.75 Å². The third-order valence-electron chi connectivity index (χ3n) is 2.29. The molecular weight excluding hydrogens is 194 g/mol. The van der Waals surface area contributed by atoms with Gasteiger partial charge in [0.15, 0.2) is 0 Å². The molecule has 0 amide bonds. The van der Waals surface area contributed by atoms with E-state index in [0.717, 1.165) is 11.5 Å². The number of hydrogen-bond donors (Lipinski definition) is 0. The molecule has 0 saturated carbocycles. The van der Waals surface area contributed by atoms with Gasteiger partial charge in [-0.05, 0) is 24.6 Å². The van der Waals surface area contributed by atoms with E-state index in [4.69, 9.17) is 4.74 Å². The fraction of sp³-hybridized carbons (Fsp3) is 0.364. The minimum Gasteiger partial charge on any atom is -0.497 e. The summed E-state index contributed by atoms with van der Waals surface area (Å²) in [6.45, 7) is 2.06. The zero-order chi connectivity index (χ0) is 9.97. The van der Waals surface area contributed by atoms with Gasteiger partial charge in [0.1, 0.15) is 5.75 Å². The minimum absolute atomic E-state index is 0.339. The largest absolute Gasteiger partial charge is 0.497 e. The SMILES string of the molecule is COc1ccc(C2CSC(C)=N2)cc1. The number of nitrogens with zero attached hydrogens (tertiary/aromatic N) is 1. The average molecular weight is 207 g/mol. The summed E-state index contributed by atoms with van der Waals surface area (Å²) in [5, 5.41) is 1.19. The second-order valence-electron chi connectivity index (χ2n) is 3.25. The van der Waals surface area contributed by atoms with Crippen molar-refractivity contribution in [2.75, 3.05) is 12.9 Å². The van der Waals surface area contributed by atoms with Crippen LogP contribution in [0.2, 0.25) is 0 Å². The van der Waals surface area contributed by atoms with Crippen LogP contribution in [0.25, 0.3) is 0 Å². The highest BCUT2D eigenvalue weighted by molar-refractivity contribution is 8.14. The maximum Gasteiger partial charge on any atom is 0.118 e. The van der Waals surface area contributed by atoms with Crippen molar-refractivity contribution in [1.29, 1.82) is 0 Å². The van der Waals surface area contributed by atoms with Crippen molar-refractivity contribution in [2.24, 2.45) is 4.99 Å². The van der Waals surface area contributed by atoms with E-state index >= 15 is 0 Å². The molecule has 0 aliphatic carbocycles. The van der Waals surface area contributed by atoms with Gasteiger partial charge in [-0.15, -0.1) is 11.8 Å². The normalized spacial score (nSPS) is 20.7. The summed E-state index contributed by atoms with van der Waals surface area (Å²) in [6, 6.07) is 8.50. The number of rotatable bonds is 2. The number of hydrogen-bond acceptors (Lipinski definition) is 3. The number of benzene rings is 1. The Morgan fingerprint density at radius 3 is 2.57 bits per heavy atom. The summed E-state index contributed by atoms with van der Waals surface area (Å²) in [5.74, 6) is 1.97. The molecule has 3 heteroatoms. The lowest BCUT2D eigenvalue weighted by Crippen LogP contribution is -1.94. The Hall–Kier alpha value is -0.960. The van der Waals surface area contributed by atoms with Crippen molar-refractivity contribution in [3.63, 3.8) is 0 Å². The minimum atomic E-state index is 0.339. The smallest absolute Gasteiger partial charge is 0.118 e. The van der Waals surface area contributed by atoms with Crippen LogP contribution >= 0.6 is 11.8 Å². The summed E-state index contributed by atoms with van der Waals surface area (Å²) in [7, 11) is 1.68. The molecule has 14 heavy (non-hydrogen) atoms. The Balaban J connectivity index is 2.17. The third-order valence-corrected chi connectivity index (χ3v) is 3.29. The molecule has 2 rings (SSSR count). The highest BCUT2D eigenvalue weighted by Crippen LogP contribution is 2.30. The van der Waals surface area contributed by atoms with E-state index in [1.165, 1.54) is 10.6 Å². The first-order chi connectivity index (χ1) is 6.79. The Morgan fingerprint density at radius 1 is 1.36 bits per heavy atom. The molecule has 1 aromatic carbocycles. The molecule has 1 aromatic rings. The molecule has 0 spiro atoms. The van der Waals surface area contributed by atoms with E-state index in [9.17, 15) is 0 Å². The highest BCUT2D eigenvalue weighted by atomic mass is 32.2. The quantitative estimate of drug-likeness (QED) is 0.743. The van der Waals surface area contributed by atoms with Crippen LogP contribution in [0, 0.1) is 0 Å². The van der Waals surface area contributed by atoms with E-state index in [2.05, 4.69) is 24.0 Å². The Morgan fingerprint density at radius 2 is 2.07 bits per heavy atom. The molecule has 74 valence electrons. The van der Waals surface area contributed by atoms with Gasteiger partial charge in [-0.25, -0.2) is 0 Å². The molecule has 0 radical (unpaired) electrons. The van der Waals surface area contributed by atoms with E-state index < -0.39 is 0 Å². The van der Waals surface area contributed by atoms with Crippen LogP contribution in [0.15, 0.2) is 29.3 Å². The van der Waals surface area contributed by atoms with Gasteiger partial charge in [0, 0.05) is 5.75 Å². The lowest BCUT2D eigenvalue weighted by atomic mass is 10.1. The van der Waals surface area contributed by atoms with E-state index in [0.29, 0.717) is 6.04 Å². The molecule has 0 fully saturated rings.